The van der Waals surface area contributed by atoms with Gasteiger partial charge in [-0.15, -0.1) is 10.2 Å². The molecule has 0 atom stereocenters. The van der Waals surface area contributed by atoms with Crippen molar-refractivity contribution in [2.24, 2.45) is 0 Å². The maximum absolute atomic E-state index is 12.8. The number of aromatic nitrogens is 2. The van der Waals surface area contributed by atoms with E-state index >= 15 is 0 Å². The summed E-state index contributed by atoms with van der Waals surface area (Å²) in [5, 5.41) is 11.7. The lowest BCUT2D eigenvalue weighted by molar-refractivity contribution is 0.102. The van der Waals surface area contributed by atoms with Crippen molar-refractivity contribution in [1.82, 2.24) is 14.5 Å². The summed E-state index contributed by atoms with van der Waals surface area (Å²) in [4.78, 5) is 12.6. The van der Waals surface area contributed by atoms with Gasteiger partial charge < -0.3 is 0 Å². The van der Waals surface area contributed by atoms with Gasteiger partial charge in [0.2, 0.25) is 15.2 Å². The van der Waals surface area contributed by atoms with E-state index in [0.717, 1.165) is 11.4 Å². The monoisotopic (exact) mass is 382 g/mol. The second kappa shape index (κ2) is 8.03. The van der Waals surface area contributed by atoms with E-state index in [0.29, 0.717) is 23.8 Å². The summed E-state index contributed by atoms with van der Waals surface area (Å²) in [6, 6.07) is 4.66. The lowest BCUT2D eigenvalue weighted by Gasteiger charge is -2.20. The van der Waals surface area contributed by atoms with Gasteiger partial charge in [-0.1, -0.05) is 38.2 Å². The van der Waals surface area contributed by atoms with Crippen LogP contribution in [0, 0.1) is 6.92 Å². The zero-order valence-corrected chi connectivity index (χ0v) is 16.4. The lowest BCUT2D eigenvalue weighted by atomic mass is 10.1. The van der Waals surface area contributed by atoms with Crippen molar-refractivity contribution in [2.45, 2.75) is 39.0 Å². The molecule has 0 aliphatic heterocycles. The van der Waals surface area contributed by atoms with E-state index in [2.05, 4.69) is 15.5 Å². The SMILES string of the molecule is CCc1nnc(NC(=O)c2ccc(C)c(S(=O)(=O)N(CC)CC)c2)s1. The molecule has 0 radical (unpaired) electrons. The molecule has 0 bridgehead atoms. The van der Waals surface area contributed by atoms with E-state index < -0.39 is 15.9 Å². The van der Waals surface area contributed by atoms with Gasteiger partial charge in [-0.05, 0) is 31.0 Å². The quantitative estimate of drug-likeness (QED) is 0.795. The summed E-state index contributed by atoms with van der Waals surface area (Å²) in [7, 11) is -3.63. The van der Waals surface area contributed by atoms with Crippen LogP contribution in [-0.4, -0.2) is 41.9 Å². The molecule has 136 valence electrons. The Labute approximate surface area is 152 Å². The highest BCUT2D eigenvalue weighted by molar-refractivity contribution is 7.89. The van der Waals surface area contributed by atoms with Gasteiger partial charge in [0.25, 0.3) is 5.91 Å². The number of rotatable bonds is 7. The third kappa shape index (κ3) is 4.23. The first-order chi connectivity index (χ1) is 11.8. The summed E-state index contributed by atoms with van der Waals surface area (Å²) in [5.74, 6) is -0.408. The molecule has 0 aliphatic rings. The number of carbonyl (C=O) groups is 1. The zero-order valence-electron chi connectivity index (χ0n) is 14.7. The van der Waals surface area contributed by atoms with Gasteiger partial charge in [-0.2, -0.15) is 4.31 Å². The largest absolute Gasteiger partial charge is 0.296 e. The van der Waals surface area contributed by atoms with Crippen molar-refractivity contribution in [3.63, 3.8) is 0 Å². The molecule has 0 saturated carbocycles. The lowest BCUT2D eigenvalue weighted by Crippen LogP contribution is -2.31. The predicted molar refractivity (Wildman–Crippen MR) is 98.5 cm³/mol. The Morgan fingerprint density at radius 2 is 1.88 bits per heavy atom. The molecule has 25 heavy (non-hydrogen) atoms. The van der Waals surface area contributed by atoms with Crippen molar-refractivity contribution in [3.05, 3.63) is 34.3 Å². The van der Waals surface area contributed by atoms with Crippen LogP contribution < -0.4 is 5.32 Å². The average molecular weight is 383 g/mol. The zero-order chi connectivity index (χ0) is 18.6. The first-order valence-corrected chi connectivity index (χ1v) is 10.3. The van der Waals surface area contributed by atoms with Crippen LogP contribution in [0.5, 0.6) is 0 Å². The van der Waals surface area contributed by atoms with Gasteiger partial charge >= 0.3 is 0 Å². The molecule has 0 aliphatic carbocycles. The first kappa shape index (κ1) is 19.5. The predicted octanol–water partition coefficient (Wildman–Crippen LogP) is 2.69. The van der Waals surface area contributed by atoms with E-state index in [1.165, 1.54) is 21.7 Å². The molecule has 1 aromatic heterocycles. The fourth-order valence-electron chi connectivity index (χ4n) is 2.34. The number of sulfonamides is 1. The number of anilines is 1. The molecule has 7 nitrogen and oxygen atoms in total. The highest BCUT2D eigenvalue weighted by Gasteiger charge is 2.24. The van der Waals surface area contributed by atoms with Crippen molar-refractivity contribution in [3.8, 4) is 0 Å². The molecule has 0 saturated heterocycles. The Bertz CT molecular complexity index is 858. The van der Waals surface area contributed by atoms with Crippen LogP contribution in [-0.2, 0) is 16.4 Å². The van der Waals surface area contributed by atoms with Crippen LogP contribution >= 0.6 is 11.3 Å². The summed E-state index contributed by atoms with van der Waals surface area (Å²) in [6.07, 6.45) is 0.740. The number of nitrogens with one attached hydrogen (secondary N) is 1. The normalized spacial score (nSPS) is 11.7. The molecule has 9 heteroatoms. The maximum atomic E-state index is 12.8. The van der Waals surface area contributed by atoms with Gasteiger partial charge in [-0.25, -0.2) is 8.42 Å². The van der Waals surface area contributed by atoms with Crippen LogP contribution in [0.25, 0.3) is 0 Å². The molecular formula is C16H22N4O3S2. The second-order valence-corrected chi connectivity index (χ2v) is 8.35. The van der Waals surface area contributed by atoms with Crippen LogP contribution in [0.4, 0.5) is 5.13 Å². The summed E-state index contributed by atoms with van der Waals surface area (Å²) in [5.41, 5.74) is 0.872. The number of hydrogen-bond acceptors (Lipinski definition) is 6. The number of carbonyl (C=O) groups excluding carboxylic acids is 1. The number of amides is 1. The number of hydrogen-bond donors (Lipinski definition) is 1. The Balaban J connectivity index is 2.33. The van der Waals surface area contributed by atoms with Gasteiger partial charge in [-0.3, -0.25) is 10.1 Å². The maximum Gasteiger partial charge on any atom is 0.257 e. The summed E-state index contributed by atoms with van der Waals surface area (Å²) >= 11 is 1.30. The molecule has 2 aromatic rings. The smallest absolute Gasteiger partial charge is 0.257 e. The Kier molecular flexibility index (Phi) is 6.26. The highest BCUT2D eigenvalue weighted by Crippen LogP contribution is 2.22. The Morgan fingerprint density at radius 3 is 2.44 bits per heavy atom. The van der Waals surface area contributed by atoms with Crippen molar-refractivity contribution >= 4 is 32.4 Å². The number of nitrogens with zero attached hydrogens (tertiary/aromatic N) is 3. The van der Waals surface area contributed by atoms with Crippen molar-refractivity contribution in [1.29, 1.82) is 0 Å². The molecule has 0 spiro atoms. The van der Waals surface area contributed by atoms with Crippen molar-refractivity contribution in [2.75, 3.05) is 18.4 Å². The molecule has 0 fully saturated rings. The van der Waals surface area contributed by atoms with Crippen LogP contribution in [0.1, 0.15) is 41.7 Å². The van der Waals surface area contributed by atoms with E-state index in [-0.39, 0.29) is 10.5 Å². The van der Waals surface area contributed by atoms with Crippen LogP contribution in [0.3, 0.4) is 0 Å². The first-order valence-electron chi connectivity index (χ1n) is 8.07. The minimum absolute atomic E-state index is 0.148. The van der Waals surface area contributed by atoms with Crippen LogP contribution in [0.15, 0.2) is 23.1 Å². The fraction of sp³-hybridized carbons (Fsp3) is 0.438. The molecular weight excluding hydrogens is 360 g/mol. The van der Waals surface area contributed by atoms with Gasteiger partial charge in [0.15, 0.2) is 0 Å². The molecule has 2 rings (SSSR count). The van der Waals surface area contributed by atoms with E-state index in [1.807, 2.05) is 6.92 Å². The molecule has 1 heterocycles. The molecule has 1 aromatic carbocycles. The minimum Gasteiger partial charge on any atom is -0.296 e. The minimum atomic E-state index is -3.63. The second-order valence-electron chi connectivity index (χ2n) is 5.38. The Morgan fingerprint density at radius 1 is 1.20 bits per heavy atom. The van der Waals surface area contributed by atoms with Gasteiger partial charge in [0, 0.05) is 18.7 Å². The molecule has 0 unspecified atom stereocenters. The third-order valence-corrected chi connectivity index (χ3v) is 6.94. The average Bonchev–Trinajstić information content (AvgIpc) is 3.03. The highest BCUT2D eigenvalue weighted by atomic mass is 32.2. The summed E-state index contributed by atoms with van der Waals surface area (Å²) in [6.45, 7) is 7.99. The van der Waals surface area contributed by atoms with Crippen LogP contribution in [0.2, 0.25) is 0 Å². The van der Waals surface area contributed by atoms with E-state index in [4.69, 9.17) is 0 Å². The summed E-state index contributed by atoms with van der Waals surface area (Å²) < 4.78 is 26.9. The Hall–Kier alpha value is -1.84. The number of benzene rings is 1. The van der Waals surface area contributed by atoms with E-state index in [9.17, 15) is 13.2 Å². The van der Waals surface area contributed by atoms with Gasteiger partial charge in [0.05, 0.1) is 4.90 Å². The van der Waals surface area contributed by atoms with Crippen molar-refractivity contribution < 1.29 is 13.2 Å². The standard InChI is InChI=1S/C16H22N4O3S2/c1-5-14-18-19-16(24-14)17-15(21)12-9-8-11(4)13(10-12)25(22,23)20(6-2)7-3/h8-10H,5-7H2,1-4H3,(H,17,19,21). The topological polar surface area (TPSA) is 92.3 Å². The fourth-order valence-corrected chi connectivity index (χ4v) is 4.72. The number of aryl methyl sites for hydroxylation is 2. The molecule has 1 N–H and O–H groups in total. The van der Waals surface area contributed by atoms with Gasteiger partial charge in [0.1, 0.15) is 5.01 Å². The molecule has 1 amide bonds. The van der Waals surface area contributed by atoms with E-state index in [1.54, 1.807) is 32.9 Å². The third-order valence-electron chi connectivity index (χ3n) is 3.76.